The van der Waals surface area contributed by atoms with Crippen molar-refractivity contribution in [2.75, 3.05) is 6.61 Å². The Labute approximate surface area is 81.3 Å². The van der Waals surface area contributed by atoms with Crippen LogP contribution in [-0.4, -0.2) is 26.2 Å². The van der Waals surface area contributed by atoms with Gasteiger partial charge in [0, 0.05) is 6.42 Å². The minimum atomic E-state index is -0.533. The molecule has 0 aliphatic rings. The third kappa shape index (κ3) is 2.08. The van der Waals surface area contributed by atoms with Crippen LogP contribution in [0.4, 0.5) is 5.95 Å². The average molecular weight is 199 g/mol. The van der Waals surface area contributed by atoms with E-state index >= 15 is 0 Å². The maximum absolute atomic E-state index is 10.6. The van der Waals surface area contributed by atoms with E-state index in [1.165, 1.54) is 10.8 Å². The number of aryl methyl sites for hydroxylation is 1. The van der Waals surface area contributed by atoms with Gasteiger partial charge in [-0.1, -0.05) is 11.9 Å². The Bertz CT molecular complexity index is 322. The van der Waals surface area contributed by atoms with Crippen molar-refractivity contribution >= 4 is 5.95 Å². The number of aromatic nitrogens is 2. The van der Waals surface area contributed by atoms with Crippen molar-refractivity contribution in [1.82, 2.24) is 9.55 Å². The second-order valence-corrected chi connectivity index (χ2v) is 2.93. The van der Waals surface area contributed by atoms with Crippen LogP contribution in [0.15, 0.2) is 6.20 Å². The monoisotopic (exact) mass is 199 g/mol. The van der Waals surface area contributed by atoms with Crippen LogP contribution < -0.4 is 0 Å². The van der Waals surface area contributed by atoms with E-state index in [0.717, 1.165) is 18.5 Å². The van der Waals surface area contributed by atoms with Crippen molar-refractivity contribution in [3.63, 3.8) is 0 Å². The van der Waals surface area contributed by atoms with E-state index in [0.29, 0.717) is 0 Å². The summed E-state index contributed by atoms with van der Waals surface area (Å²) in [6, 6.07) is 0. The number of hydrogen-bond acceptors (Lipinski definition) is 4. The van der Waals surface area contributed by atoms with Crippen LogP contribution in [0, 0.1) is 10.1 Å². The molecule has 0 spiro atoms. The van der Waals surface area contributed by atoms with Crippen LogP contribution in [0.3, 0.4) is 0 Å². The molecule has 0 bridgehead atoms. The average Bonchev–Trinajstić information content (AvgIpc) is 2.50. The second-order valence-electron chi connectivity index (χ2n) is 2.93. The molecule has 6 nitrogen and oxygen atoms in total. The zero-order valence-corrected chi connectivity index (χ0v) is 8.01. The molecule has 0 saturated heterocycles. The predicted octanol–water partition coefficient (Wildman–Crippen LogP) is 0.736. The Morgan fingerprint density at radius 1 is 1.71 bits per heavy atom. The summed E-state index contributed by atoms with van der Waals surface area (Å²) < 4.78 is 1.45. The first kappa shape index (κ1) is 10.6. The molecule has 1 N–H and O–H groups in total. The molecule has 0 aromatic carbocycles. The fraction of sp³-hybridized carbons (Fsp3) is 0.625. The number of aliphatic hydroxyl groups is 1. The lowest BCUT2D eigenvalue weighted by molar-refractivity contribution is -0.396. The summed E-state index contributed by atoms with van der Waals surface area (Å²) in [6.07, 6.45) is 3.13. The van der Waals surface area contributed by atoms with Gasteiger partial charge in [-0.3, -0.25) is 0 Å². The molecule has 0 fully saturated rings. The van der Waals surface area contributed by atoms with E-state index in [4.69, 9.17) is 5.11 Å². The maximum Gasteiger partial charge on any atom is 0.434 e. The van der Waals surface area contributed by atoms with Crippen LogP contribution in [0.1, 0.15) is 19.0 Å². The fourth-order valence-electron chi connectivity index (χ4n) is 1.35. The summed E-state index contributed by atoms with van der Waals surface area (Å²) in [5, 5.41) is 19.3. The molecule has 78 valence electrons. The van der Waals surface area contributed by atoms with E-state index in [2.05, 4.69) is 4.98 Å². The molecule has 0 aliphatic heterocycles. The highest BCUT2D eigenvalue weighted by Crippen LogP contribution is 2.14. The number of imidazole rings is 1. The largest absolute Gasteiger partial charge is 0.434 e. The minimum Gasteiger partial charge on any atom is -0.393 e. The molecule has 0 aliphatic carbocycles. The van der Waals surface area contributed by atoms with Crippen molar-refractivity contribution in [1.29, 1.82) is 0 Å². The lowest BCUT2D eigenvalue weighted by Gasteiger charge is -2.02. The van der Waals surface area contributed by atoms with Gasteiger partial charge in [0.25, 0.3) is 0 Å². The van der Waals surface area contributed by atoms with Crippen molar-refractivity contribution in [3.8, 4) is 0 Å². The van der Waals surface area contributed by atoms with Gasteiger partial charge in [0.1, 0.15) is 11.9 Å². The summed E-state index contributed by atoms with van der Waals surface area (Å²) in [6.45, 7) is 2.10. The second kappa shape index (κ2) is 4.71. The van der Waals surface area contributed by atoms with E-state index in [9.17, 15) is 10.1 Å². The summed E-state index contributed by atoms with van der Waals surface area (Å²) >= 11 is 0. The molecule has 1 rings (SSSR count). The topological polar surface area (TPSA) is 81.2 Å². The third-order valence-electron chi connectivity index (χ3n) is 1.91. The van der Waals surface area contributed by atoms with Crippen molar-refractivity contribution in [2.24, 2.45) is 0 Å². The summed E-state index contributed by atoms with van der Waals surface area (Å²) in [4.78, 5) is 13.7. The van der Waals surface area contributed by atoms with Crippen LogP contribution in [0.25, 0.3) is 0 Å². The lowest BCUT2D eigenvalue weighted by atomic mass is 10.3. The van der Waals surface area contributed by atoms with Gasteiger partial charge in [-0.25, -0.2) is 4.57 Å². The van der Waals surface area contributed by atoms with Gasteiger partial charge < -0.3 is 15.2 Å². The van der Waals surface area contributed by atoms with Crippen molar-refractivity contribution in [3.05, 3.63) is 22.0 Å². The van der Waals surface area contributed by atoms with Gasteiger partial charge >= 0.3 is 5.95 Å². The summed E-state index contributed by atoms with van der Waals surface area (Å²) in [5.41, 5.74) is 0.799. The van der Waals surface area contributed by atoms with E-state index in [1.807, 2.05) is 6.92 Å². The highest BCUT2D eigenvalue weighted by molar-refractivity contribution is 5.15. The summed E-state index contributed by atoms with van der Waals surface area (Å²) in [7, 11) is 0. The first-order valence-electron chi connectivity index (χ1n) is 4.50. The Morgan fingerprint density at radius 2 is 2.43 bits per heavy atom. The molecule has 1 aromatic rings. The van der Waals surface area contributed by atoms with Gasteiger partial charge in [-0.2, -0.15) is 0 Å². The van der Waals surface area contributed by atoms with Gasteiger partial charge in [-0.15, -0.1) is 0 Å². The Hall–Kier alpha value is -1.43. The molecule has 0 radical (unpaired) electrons. The van der Waals surface area contributed by atoms with E-state index < -0.39 is 4.92 Å². The number of nitrogens with zero attached hydrogens (tertiary/aromatic N) is 3. The van der Waals surface area contributed by atoms with Gasteiger partial charge in [0.2, 0.25) is 0 Å². The van der Waals surface area contributed by atoms with Crippen LogP contribution in [-0.2, 0) is 13.0 Å². The number of hydrogen-bond donors (Lipinski definition) is 1. The van der Waals surface area contributed by atoms with Crippen LogP contribution >= 0.6 is 0 Å². The minimum absolute atomic E-state index is 0.117. The Balaban J connectivity index is 3.00. The molecule has 0 saturated carbocycles. The lowest BCUT2D eigenvalue weighted by Crippen LogP contribution is -2.09. The van der Waals surface area contributed by atoms with Crippen molar-refractivity contribution < 1.29 is 10.0 Å². The zero-order valence-electron chi connectivity index (χ0n) is 8.01. The Morgan fingerprint density at radius 3 is 2.93 bits per heavy atom. The standard InChI is InChI=1S/C8H13N3O3/c1-2-3-7-6-9-8(11(13)14)10(7)4-5-12/h6,12H,2-5H2,1H3. The van der Waals surface area contributed by atoms with Gasteiger partial charge in [0.15, 0.2) is 0 Å². The first-order chi connectivity index (χ1) is 6.70. The molecular weight excluding hydrogens is 186 g/mol. The van der Waals surface area contributed by atoms with E-state index in [1.54, 1.807) is 0 Å². The number of aliphatic hydroxyl groups excluding tert-OH is 1. The van der Waals surface area contributed by atoms with E-state index in [-0.39, 0.29) is 19.1 Å². The molecular formula is C8H13N3O3. The van der Waals surface area contributed by atoms with Crippen molar-refractivity contribution in [2.45, 2.75) is 26.3 Å². The van der Waals surface area contributed by atoms with Gasteiger partial charge in [0.05, 0.1) is 13.2 Å². The molecule has 0 atom stereocenters. The molecule has 1 heterocycles. The highest BCUT2D eigenvalue weighted by Gasteiger charge is 2.19. The fourth-order valence-corrected chi connectivity index (χ4v) is 1.35. The molecule has 14 heavy (non-hydrogen) atoms. The van der Waals surface area contributed by atoms with Gasteiger partial charge in [-0.05, 0) is 11.3 Å². The number of nitro groups is 1. The zero-order chi connectivity index (χ0) is 10.6. The molecule has 0 amide bonds. The first-order valence-corrected chi connectivity index (χ1v) is 4.50. The smallest absolute Gasteiger partial charge is 0.393 e. The SMILES string of the molecule is CCCc1cnc([N+](=O)[O-])n1CCO. The maximum atomic E-state index is 10.6. The summed E-state index contributed by atoms with van der Waals surface area (Å²) in [5.74, 6) is -0.192. The molecule has 6 heteroatoms. The van der Waals surface area contributed by atoms with Crippen LogP contribution in [0.2, 0.25) is 0 Å². The number of rotatable bonds is 5. The third-order valence-corrected chi connectivity index (χ3v) is 1.91. The highest BCUT2D eigenvalue weighted by atomic mass is 16.6. The quantitative estimate of drug-likeness (QED) is 0.560. The van der Waals surface area contributed by atoms with Crippen LogP contribution in [0.5, 0.6) is 0 Å². The normalized spacial score (nSPS) is 10.4. The predicted molar refractivity (Wildman–Crippen MR) is 50.0 cm³/mol. The Kier molecular flexibility index (Phi) is 3.58. The molecule has 0 unspecified atom stereocenters. The molecule has 1 aromatic heterocycles.